The molecule has 1 aromatic heterocycles. The highest BCUT2D eigenvalue weighted by molar-refractivity contribution is 5.98. The van der Waals surface area contributed by atoms with Gasteiger partial charge in [-0.25, -0.2) is 4.79 Å². The third kappa shape index (κ3) is 3.48. The van der Waals surface area contributed by atoms with E-state index in [-0.39, 0.29) is 5.91 Å². The van der Waals surface area contributed by atoms with Gasteiger partial charge in [-0.2, -0.15) is 0 Å². The Balaban J connectivity index is 2.36. The van der Waals surface area contributed by atoms with Crippen molar-refractivity contribution in [3.8, 4) is 0 Å². The van der Waals surface area contributed by atoms with E-state index in [1.165, 1.54) is 4.57 Å². The Morgan fingerprint density at radius 1 is 1.13 bits per heavy atom. The van der Waals surface area contributed by atoms with Gasteiger partial charge >= 0.3 is 5.69 Å². The van der Waals surface area contributed by atoms with Gasteiger partial charge < -0.3 is 4.90 Å². The Morgan fingerprint density at radius 3 is 2.48 bits per heavy atom. The van der Waals surface area contributed by atoms with Crippen molar-refractivity contribution in [2.75, 3.05) is 23.0 Å². The smallest absolute Gasteiger partial charge is 0.329 e. The molecule has 0 atom stereocenters. The molecule has 2 rings (SSSR count). The second kappa shape index (κ2) is 7.48. The van der Waals surface area contributed by atoms with Crippen molar-refractivity contribution in [1.29, 1.82) is 0 Å². The molecule has 0 unspecified atom stereocenters. The summed E-state index contributed by atoms with van der Waals surface area (Å²) in [5, 5.41) is 0. The monoisotopic (exact) mass is 322 g/mol. The van der Waals surface area contributed by atoms with Crippen LogP contribution in [0.1, 0.15) is 52.4 Å². The van der Waals surface area contributed by atoms with Crippen molar-refractivity contribution in [1.82, 2.24) is 9.55 Å². The Morgan fingerprint density at radius 2 is 1.83 bits per heavy atom. The molecule has 0 saturated carbocycles. The van der Waals surface area contributed by atoms with Crippen LogP contribution >= 0.6 is 0 Å². The van der Waals surface area contributed by atoms with Gasteiger partial charge in [0.05, 0.1) is 6.67 Å². The molecule has 2 heterocycles. The zero-order chi connectivity index (χ0) is 17.0. The molecule has 0 spiro atoms. The number of nitrogens with one attached hydrogen (secondary N) is 1. The highest BCUT2D eigenvalue weighted by atomic mass is 16.2. The van der Waals surface area contributed by atoms with Gasteiger partial charge in [0.25, 0.3) is 5.56 Å². The van der Waals surface area contributed by atoms with Crippen LogP contribution in [0.5, 0.6) is 0 Å². The highest BCUT2D eigenvalue weighted by Gasteiger charge is 2.34. The minimum absolute atomic E-state index is 0.0284. The van der Waals surface area contributed by atoms with E-state index < -0.39 is 11.2 Å². The SMILES string of the molecule is CCCCCC(=O)N1CN(CCCC)c2c1n(C)c(=O)[nH]c2=O. The first-order valence-corrected chi connectivity index (χ1v) is 8.39. The Kier molecular flexibility index (Phi) is 5.63. The zero-order valence-electron chi connectivity index (χ0n) is 14.2. The summed E-state index contributed by atoms with van der Waals surface area (Å²) in [6, 6.07) is 0. The van der Waals surface area contributed by atoms with Crippen LogP contribution in [0.25, 0.3) is 0 Å². The molecule has 1 aromatic rings. The van der Waals surface area contributed by atoms with Crippen LogP contribution in [-0.2, 0) is 11.8 Å². The van der Waals surface area contributed by atoms with Crippen molar-refractivity contribution in [3.05, 3.63) is 20.8 Å². The van der Waals surface area contributed by atoms with Gasteiger partial charge in [-0.3, -0.25) is 24.0 Å². The number of amides is 1. The summed E-state index contributed by atoms with van der Waals surface area (Å²) in [7, 11) is 1.59. The number of carbonyl (C=O) groups excluding carboxylic acids is 1. The molecular weight excluding hydrogens is 296 g/mol. The summed E-state index contributed by atoms with van der Waals surface area (Å²) in [6.45, 7) is 5.21. The van der Waals surface area contributed by atoms with Crippen molar-refractivity contribution in [2.24, 2.45) is 7.05 Å². The second-order valence-electron chi connectivity index (χ2n) is 6.03. The lowest BCUT2D eigenvalue weighted by atomic mass is 10.2. The Bertz CT molecular complexity index is 677. The van der Waals surface area contributed by atoms with Gasteiger partial charge in [-0.1, -0.05) is 33.1 Å². The van der Waals surface area contributed by atoms with Crippen LogP contribution in [-0.4, -0.2) is 28.7 Å². The minimum Gasteiger partial charge on any atom is -0.346 e. The van der Waals surface area contributed by atoms with Gasteiger partial charge in [0.2, 0.25) is 5.91 Å². The predicted octanol–water partition coefficient (Wildman–Crippen LogP) is 1.56. The number of aromatic amines is 1. The Labute approximate surface area is 135 Å². The zero-order valence-corrected chi connectivity index (χ0v) is 14.2. The molecule has 0 aliphatic carbocycles. The fourth-order valence-electron chi connectivity index (χ4n) is 2.89. The molecule has 23 heavy (non-hydrogen) atoms. The van der Waals surface area contributed by atoms with Gasteiger partial charge in [0.15, 0.2) is 5.82 Å². The van der Waals surface area contributed by atoms with E-state index in [1.807, 2.05) is 4.90 Å². The van der Waals surface area contributed by atoms with Crippen molar-refractivity contribution >= 4 is 17.4 Å². The molecule has 0 radical (unpaired) electrons. The molecule has 1 N–H and O–H groups in total. The average Bonchev–Trinajstić information content (AvgIpc) is 2.91. The fraction of sp³-hybridized carbons (Fsp3) is 0.688. The van der Waals surface area contributed by atoms with Gasteiger partial charge in [-0.05, 0) is 12.8 Å². The Hall–Kier alpha value is -2.05. The fourth-order valence-corrected chi connectivity index (χ4v) is 2.89. The maximum absolute atomic E-state index is 12.5. The van der Waals surface area contributed by atoms with Gasteiger partial charge in [-0.15, -0.1) is 0 Å². The second-order valence-corrected chi connectivity index (χ2v) is 6.03. The number of unbranched alkanes of at least 4 members (excludes halogenated alkanes) is 3. The predicted molar refractivity (Wildman–Crippen MR) is 91.1 cm³/mol. The lowest BCUT2D eigenvalue weighted by Gasteiger charge is -2.20. The summed E-state index contributed by atoms with van der Waals surface area (Å²) >= 11 is 0. The topological polar surface area (TPSA) is 78.4 Å². The summed E-state index contributed by atoms with van der Waals surface area (Å²) < 4.78 is 1.36. The number of hydrogen-bond acceptors (Lipinski definition) is 4. The number of carbonyl (C=O) groups is 1. The largest absolute Gasteiger partial charge is 0.346 e. The first-order chi connectivity index (χ1) is 11.0. The van der Waals surface area contributed by atoms with Crippen molar-refractivity contribution in [3.63, 3.8) is 0 Å². The number of fused-ring (bicyclic) bond motifs is 1. The van der Waals surface area contributed by atoms with E-state index >= 15 is 0 Å². The van der Waals surface area contributed by atoms with Crippen molar-refractivity contribution < 1.29 is 4.79 Å². The summed E-state index contributed by atoms with van der Waals surface area (Å²) in [5.74, 6) is 0.399. The maximum Gasteiger partial charge on any atom is 0.329 e. The van der Waals surface area contributed by atoms with E-state index in [0.29, 0.717) is 31.1 Å². The number of nitrogens with zero attached hydrogens (tertiary/aromatic N) is 3. The normalized spacial score (nSPS) is 13.5. The van der Waals surface area contributed by atoms with Crippen LogP contribution in [0.2, 0.25) is 0 Å². The molecule has 0 saturated heterocycles. The quantitative estimate of drug-likeness (QED) is 0.773. The molecule has 0 bridgehead atoms. The molecule has 1 amide bonds. The average molecular weight is 322 g/mol. The third-order valence-corrected chi connectivity index (χ3v) is 4.23. The number of H-pyrrole nitrogens is 1. The first-order valence-electron chi connectivity index (χ1n) is 8.39. The molecular formula is C16H26N4O3. The standard InChI is InChI=1S/C16H26N4O3/c1-4-6-8-9-12(21)20-11-19(10-7-5-2)13-14(22)17-16(23)18(3)15(13)20/h4-11H2,1-3H3,(H,17,22,23). The van der Waals surface area contributed by atoms with E-state index in [0.717, 1.165) is 32.1 Å². The van der Waals surface area contributed by atoms with Crippen LogP contribution < -0.4 is 21.0 Å². The van der Waals surface area contributed by atoms with Crippen LogP contribution in [0.15, 0.2) is 9.59 Å². The molecule has 7 heteroatoms. The molecule has 0 fully saturated rings. The van der Waals surface area contributed by atoms with Gasteiger partial charge in [0, 0.05) is 20.0 Å². The molecule has 7 nitrogen and oxygen atoms in total. The number of hydrogen-bond donors (Lipinski definition) is 1. The lowest BCUT2D eigenvalue weighted by molar-refractivity contribution is -0.118. The van der Waals surface area contributed by atoms with E-state index in [9.17, 15) is 14.4 Å². The number of anilines is 2. The van der Waals surface area contributed by atoms with Crippen LogP contribution in [0, 0.1) is 0 Å². The summed E-state index contributed by atoms with van der Waals surface area (Å²) in [4.78, 5) is 42.5. The number of rotatable bonds is 7. The first kappa shape index (κ1) is 17.3. The lowest BCUT2D eigenvalue weighted by Crippen LogP contribution is -2.37. The van der Waals surface area contributed by atoms with Crippen LogP contribution in [0.4, 0.5) is 11.5 Å². The number of aromatic nitrogens is 2. The van der Waals surface area contributed by atoms with Crippen LogP contribution in [0.3, 0.4) is 0 Å². The molecule has 1 aliphatic heterocycles. The maximum atomic E-state index is 12.5. The van der Waals surface area contributed by atoms with E-state index in [2.05, 4.69) is 18.8 Å². The third-order valence-electron chi connectivity index (χ3n) is 4.23. The van der Waals surface area contributed by atoms with E-state index in [1.54, 1.807) is 11.9 Å². The highest BCUT2D eigenvalue weighted by Crippen LogP contribution is 2.31. The van der Waals surface area contributed by atoms with Crippen molar-refractivity contribution in [2.45, 2.75) is 52.4 Å². The molecule has 0 aromatic carbocycles. The summed E-state index contributed by atoms with van der Waals surface area (Å²) in [6.07, 6.45) is 5.24. The molecule has 128 valence electrons. The van der Waals surface area contributed by atoms with Gasteiger partial charge in [0.1, 0.15) is 5.69 Å². The minimum atomic E-state index is -0.488. The van der Waals surface area contributed by atoms with E-state index in [4.69, 9.17) is 0 Å². The molecule has 1 aliphatic rings. The summed E-state index contributed by atoms with van der Waals surface area (Å²) in [5.41, 5.74) is -0.468.